The van der Waals surface area contributed by atoms with E-state index in [1.165, 1.54) is 0 Å². The Bertz CT molecular complexity index is 1050. The lowest BCUT2D eigenvalue weighted by molar-refractivity contribution is -0.123. The van der Waals surface area contributed by atoms with Crippen LogP contribution < -0.4 is 15.7 Å². The molecule has 0 atom stereocenters. The van der Waals surface area contributed by atoms with Crippen molar-refractivity contribution in [1.82, 2.24) is 14.9 Å². The third kappa shape index (κ3) is 3.78. The van der Waals surface area contributed by atoms with Crippen LogP contribution in [0.4, 0.5) is 0 Å². The van der Waals surface area contributed by atoms with Crippen molar-refractivity contribution in [3.8, 4) is 5.75 Å². The molecule has 1 amide bonds. The standard InChI is InChI=1S/C21H23N3O4/c1-14-10-17(20-15-4-2-5-16(15)21(26)28-18(20)11-14)27-12-19(25)23-6-3-8-24-9-7-22-13-24/h7,9-11,13H,2-6,8,12H2,1H3,(H,23,25). The molecule has 0 bridgehead atoms. The first kappa shape index (κ1) is 18.3. The summed E-state index contributed by atoms with van der Waals surface area (Å²) < 4.78 is 13.3. The maximum Gasteiger partial charge on any atom is 0.339 e. The molecule has 7 nitrogen and oxygen atoms in total. The Kier molecular flexibility index (Phi) is 5.14. The Morgan fingerprint density at radius 3 is 3.00 bits per heavy atom. The van der Waals surface area contributed by atoms with Gasteiger partial charge in [0.1, 0.15) is 11.3 Å². The zero-order chi connectivity index (χ0) is 19.5. The minimum atomic E-state index is -0.257. The van der Waals surface area contributed by atoms with Gasteiger partial charge >= 0.3 is 5.63 Å². The first-order valence-corrected chi connectivity index (χ1v) is 9.56. The molecule has 1 aliphatic carbocycles. The lowest BCUT2D eigenvalue weighted by Gasteiger charge is -2.13. The predicted octanol–water partition coefficient (Wildman–Crippen LogP) is 2.37. The molecule has 1 aliphatic rings. The van der Waals surface area contributed by atoms with E-state index in [0.717, 1.165) is 54.3 Å². The molecule has 3 aromatic rings. The van der Waals surface area contributed by atoms with E-state index in [4.69, 9.17) is 9.15 Å². The normalized spacial score (nSPS) is 12.9. The zero-order valence-corrected chi connectivity index (χ0v) is 15.9. The van der Waals surface area contributed by atoms with Crippen LogP contribution in [0.2, 0.25) is 0 Å². The fourth-order valence-electron chi connectivity index (χ4n) is 3.72. The van der Waals surface area contributed by atoms with Crippen molar-refractivity contribution < 1.29 is 13.9 Å². The van der Waals surface area contributed by atoms with Crippen LogP contribution >= 0.6 is 0 Å². The molecule has 0 unspecified atom stereocenters. The Balaban J connectivity index is 1.42. The van der Waals surface area contributed by atoms with Gasteiger partial charge in [-0.05, 0) is 55.9 Å². The van der Waals surface area contributed by atoms with Gasteiger partial charge in [-0.25, -0.2) is 9.78 Å². The van der Waals surface area contributed by atoms with E-state index in [1.54, 1.807) is 12.5 Å². The molecule has 0 radical (unpaired) electrons. The Labute approximate surface area is 162 Å². The number of hydrogen-bond acceptors (Lipinski definition) is 5. The first-order valence-electron chi connectivity index (χ1n) is 9.56. The van der Waals surface area contributed by atoms with E-state index in [2.05, 4.69) is 10.3 Å². The van der Waals surface area contributed by atoms with Gasteiger partial charge in [-0.15, -0.1) is 0 Å². The second-order valence-electron chi connectivity index (χ2n) is 7.13. The van der Waals surface area contributed by atoms with Crippen molar-refractivity contribution in [3.63, 3.8) is 0 Å². The van der Waals surface area contributed by atoms with Crippen molar-refractivity contribution in [3.05, 3.63) is 58.0 Å². The summed E-state index contributed by atoms with van der Waals surface area (Å²) in [5.74, 6) is 0.430. The number of carbonyl (C=O) groups is 1. The fourth-order valence-corrected chi connectivity index (χ4v) is 3.72. The highest BCUT2D eigenvalue weighted by Crippen LogP contribution is 2.35. The maximum atomic E-state index is 12.2. The van der Waals surface area contributed by atoms with Gasteiger partial charge in [0.15, 0.2) is 6.61 Å². The molecular weight excluding hydrogens is 358 g/mol. The van der Waals surface area contributed by atoms with Gasteiger partial charge in [0, 0.05) is 31.0 Å². The molecule has 0 saturated carbocycles. The van der Waals surface area contributed by atoms with Crippen LogP contribution in [0.15, 0.2) is 40.1 Å². The molecule has 1 N–H and O–H groups in total. The average molecular weight is 381 g/mol. The van der Waals surface area contributed by atoms with E-state index in [-0.39, 0.29) is 18.1 Å². The van der Waals surface area contributed by atoms with Crippen LogP contribution in [0.1, 0.15) is 29.5 Å². The van der Waals surface area contributed by atoms with Crippen LogP contribution in [0, 0.1) is 6.92 Å². The molecule has 1 aromatic carbocycles. The lowest BCUT2D eigenvalue weighted by Crippen LogP contribution is -2.30. The zero-order valence-electron chi connectivity index (χ0n) is 15.9. The largest absolute Gasteiger partial charge is 0.483 e. The van der Waals surface area contributed by atoms with Crippen LogP contribution in [-0.2, 0) is 24.2 Å². The second-order valence-corrected chi connectivity index (χ2v) is 7.13. The molecule has 2 aromatic heterocycles. The Morgan fingerprint density at radius 2 is 2.18 bits per heavy atom. The number of benzene rings is 1. The summed E-state index contributed by atoms with van der Waals surface area (Å²) in [4.78, 5) is 28.3. The number of nitrogens with one attached hydrogen (secondary N) is 1. The summed E-state index contributed by atoms with van der Waals surface area (Å²) in [6.45, 7) is 3.21. The number of ether oxygens (including phenoxy) is 1. The maximum absolute atomic E-state index is 12.2. The number of nitrogens with zero attached hydrogens (tertiary/aromatic N) is 2. The number of fused-ring (bicyclic) bond motifs is 3. The Morgan fingerprint density at radius 1 is 1.32 bits per heavy atom. The van der Waals surface area contributed by atoms with Crippen molar-refractivity contribution >= 4 is 16.9 Å². The third-order valence-corrected chi connectivity index (χ3v) is 5.01. The van der Waals surface area contributed by atoms with Gasteiger partial charge in [0.25, 0.3) is 5.91 Å². The molecule has 0 aliphatic heterocycles. The van der Waals surface area contributed by atoms with Crippen molar-refractivity contribution in [1.29, 1.82) is 0 Å². The predicted molar refractivity (Wildman–Crippen MR) is 105 cm³/mol. The smallest absolute Gasteiger partial charge is 0.339 e. The summed E-state index contributed by atoms with van der Waals surface area (Å²) in [6.07, 6.45) is 8.69. The number of aryl methyl sites for hydroxylation is 3. The monoisotopic (exact) mass is 381 g/mol. The quantitative estimate of drug-likeness (QED) is 0.502. The van der Waals surface area contributed by atoms with Crippen LogP contribution in [0.5, 0.6) is 5.75 Å². The fraction of sp³-hybridized carbons (Fsp3) is 0.381. The molecule has 7 heteroatoms. The number of amides is 1. The van der Waals surface area contributed by atoms with E-state index in [9.17, 15) is 9.59 Å². The highest BCUT2D eigenvalue weighted by Gasteiger charge is 2.22. The molecular formula is C21H23N3O4. The van der Waals surface area contributed by atoms with Crippen LogP contribution in [0.3, 0.4) is 0 Å². The van der Waals surface area contributed by atoms with Crippen molar-refractivity contribution in [2.45, 2.75) is 39.2 Å². The van der Waals surface area contributed by atoms with E-state index >= 15 is 0 Å². The molecule has 146 valence electrons. The Hall–Kier alpha value is -3.09. The lowest BCUT2D eigenvalue weighted by atomic mass is 10.0. The number of imidazole rings is 1. The third-order valence-electron chi connectivity index (χ3n) is 5.01. The molecule has 0 spiro atoms. The van der Waals surface area contributed by atoms with Crippen LogP contribution in [0.25, 0.3) is 11.0 Å². The van der Waals surface area contributed by atoms with Gasteiger partial charge in [-0.3, -0.25) is 4.79 Å². The first-order chi connectivity index (χ1) is 13.6. The minimum absolute atomic E-state index is 0.0719. The van der Waals surface area contributed by atoms with Crippen LogP contribution in [-0.4, -0.2) is 28.6 Å². The van der Waals surface area contributed by atoms with Gasteiger partial charge < -0.3 is 19.0 Å². The van der Waals surface area contributed by atoms with Crippen molar-refractivity contribution in [2.75, 3.05) is 13.2 Å². The second kappa shape index (κ2) is 7.88. The molecule has 0 saturated heterocycles. The number of rotatable bonds is 7. The molecule has 2 heterocycles. The number of hydrogen-bond donors (Lipinski definition) is 1. The highest BCUT2D eigenvalue weighted by atomic mass is 16.5. The van der Waals surface area contributed by atoms with Gasteiger partial charge in [-0.1, -0.05) is 0 Å². The highest BCUT2D eigenvalue weighted by molar-refractivity contribution is 5.89. The SMILES string of the molecule is Cc1cc(OCC(=O)NCCCn2ccnc2)c2c3c(c(=O)oc2c1)CCC3. The van der Waals surface area contributed by atoms with Gasteiger partial charge in [-0.2, -0.15) is 0 Å². The summed E-state index contributed by atoms with van der Waals surface area (Å²) in [5.41, 5.74) is 2.94. The number of carbonyl (C=O) groups excluding carboxylic acids is 1. The van der Waals surface area contributed by atoms with E-state index in [1.807, 2.05) is 29.8 Å². The van der Waals surface area contributed by atoms with Gasteiger partial charge in [0.05, 0.1) is 11.7 Å². The van der Waals surface area contributed by atoms with Gasteiger partial charge in [0.2, 0.25) is 0 Å². The van der Waals surface area contributed by atoms with E-state index in [0.29, 0.717) is 17.9 Å². The minimum Gasteiger partial charge on any atom is -0.483 e. The van der Waals surface area contributed by atoms with Crippen molar-refractivity contribution in [2.24, 2.45) is 0 Å². The molecule has 28 heavy (non-hydrogen) atoms. The summed E-state index contributed by atoms with van der Waals surface area (Å²) >= 11 is 0. The number of aromatic nitrogens is 2. The summed E-state index contributed by atoms with van der Waals surface area (Å²) in [6, 6.07) is 3.74. The molecule has 4 rings (SSSR count). The average Bonchev–Trinajstić information content (AvgIpc) is 3.35. The molecule has 0 fully saturated rings. The summed E-state index contributed by atoms with van der Waals surface area (Å²) in [5, 5.41) is 3.69. The van der Waals surface area contributed by atoms with E-state index < -0.39 is 0 Å². The summed E-state index contributed by atoms with van der Waals surface area (Å²) in [7, 11) is 0. The topological polar surface area (TPSA) is 86.4 Å².